The first-order valence-electron chi connectivity index (χ1n) is 8.20. The molecule has 1 aliphatic rings. The molecule has 0 saturated carbocycles. The summed E-state index contributed by atoms with van der Waals surface area (Å²) in [4.78, 5) is 12.6. The van der Waals surface area contributed by atoms with Gasteiger partial charge in [-0.25, -0.2) is 4.68 Å². The van der Waals surface area contributed by atoms with Crippen molar-refractivity contribution in [1.29, 1.82) is 0 Å². The average Bonchev–Trinajstić information content (AvgIpc) is 3.23. The standard InChI is InChI=1S/C19H17ClN4O/c20-13-6-4-7-14(12-13)21-22-19(25)18-16-10-5-11-17(16)24(23-18)15-8-2-1-3-9-15/h1-4,6-9,12,21H,5,10-11H2,(H,22,25). The number of rotatable bonds is 4. The summed E-state index contributed by atoms with van der Waals surface area (Å²) in [6.07, 6.45) is 2.86. The van der Waals surface area contributed by atoms with E-state index < -0.39 is 0 Å². The summed E-state index contributed by atoms with van der Waals surface area (Å²) < 4.78 is 1.89. The predicted molar refractivity (Wildman–Crippen MR) is 98.1 cm³/mol. The molecular formula is C19H17ClN4O. The molecule has 2 aromatic carbocycles. The van der Waals surface area contributed by atoms with Gasteiger partial charge in [0.05, 0.1) is 11.4 Å². The molecule has 1 aliphatic carbocycles. The van der Waals surface area contributed by atoms with Crippen molar-refractivity contribution in [3.63, 3.8) is 0 Å². The van der Waals surface area contributed by atoms with Crippen molar-refractivity contribution in [1.82, 2.24) is 15.2 Å². The number of carbonyl (C=O) groups is 1. The van der Waals surface area contributed by atoms with Crippen molar-refractivity contribution in [3.8, 4) is 5.69 Å². The molecule has 0 aliphatic heterocycles. The Morgan fingerprint density at radius 1 is 1.08 bits per heavy atom. The zero-order chi connectivity index (χ0) is 17.2. The quantitative estimate of drug-likeness (QED) is 0.703. The van der Waals surface area contributed by atoms with Crippen LogP contribution in [-0.2, 0) is 12.8 Å². The van der Waals surface area contributed by atoms with Crippen LogP contribution in [0.2, 0.25) is 5.02 Å². The fourth-order valence-electron chi connectivity index (χ4n) is 3.16. The van der Waals surface area contributed by atoms with Crippen LogP contribution in [0.25, 0.3) is 5.69 Å². The van der Waals surface area contributed by atoms with Crippen LogP contribution in [0.5, 0.6) is 0 Å². The molecule has 126 valence electrons. The summed E-state index contributed by atoms with van der Waals surface area (Å²) in [7, 11) is 0. The van der Waals surface area contributed by atoms with Crippen LogP contribution in [-0.4, -0.2) is 15.7 Å². The van der Waals surface area contributed by atoms with E-state index in [9.17, 15) is 4.79 Å². The van der Waals surface area contributed by atoms with Crippen LogP contribution in [0, 0.1) is 0 Å². The number of amides is 1. The van der Waals surface area contributed by atoms with Gasteiger partial charge in [-0.3, -0.25) is 15.6 Å². The van der Waals surface area contributed by atoms with Crippen LogP contribution < -0.4 is 10.9 Å². The first-order chi connectivity index (χ1) is 12.2. The smallest absolute Gasteiger partial charge is 0.290 e. The van der Waals surface area contributed by atoms with Crippen LogP contribution >= 0.6 is 11.6 Å². The number of anilines is 1. The lowest BCUT2D eigenvalue weighted by Crippen LogP contribution is -2.30. The first kappa shape index (κ1) is 15.7. The minimum absolute atomic E-state index is 0.243. The number of carbonyl (C=O) groups excluding carboxylic acids is 1. The summed E-state index contributed by atoms with van der Waals surface area (Å²) in [6, 6.07) is 17.1. The highest BCUT2D eigenvalue weighted by Gasteiger charge is 2.26. The van der Waals surface area contributed by atoms with Crippen LogP contribution in [0.3, 0.4) is 0 Å². The lowest BCUT2D eigenvalue weighted by molar-refractivity contribution is 0.0956. The fraction of sp³-hybridized carbons (Fsp3) is 0.158. The van der Waals surface area contributed by atoms with Crippen molar-refractivity contribution in [3.05, 3.63) is 76.6 Å². The Bertz CT molecular complexity index is 920. The molecule has 5 nitrogen and oxygen atoms in total. The number of hydrogen-bond donors (Lipinski definition) is 2. The van der Waals surface area contributed by atoms with Gasteiger partial charge in [0.25, 0.3) is 5.91 Å². The molecule has 6 heteroatoms. The maximum Gasteiger partial charge on any atom is 0.290 e. The number of para-hydroxylation sites is 1. The van der Waals surface area contributed by atoms with Gasteiger partial charge in [0, 0.05) is 16.3 Å². The second-order valence-electron chi connectivity index (χ2n) is 5.96. The van der Waals surface area contributed by atoms with E-state index in [2.05, 4.69) is 16.0 Å². The molecule has 1 aromatic heterocycles. The Morgan fingerprint density at radius 3 is 2.72 bits per heavy atom. The summed E-state index contributed by atoms with van der Waals surface area (Å²) in [5.74, 6) is -0.243. The molecule has 0 bridgehead atoms. The van der Waals surface area contributed by atoms with Crippen molar-refractivity contribution in [2.45, 2.75) is 19.3 Å². The van der Waals surface area contributed by atoms with Gasteiger partial charge in [0.2, 0.25) is 0 Å². The zero-order valence-corrected chi connectivity index (χ0v) is 14.3. The highest BCUT2D eigenvalue weighted by molar-refractivity contribution is 6.30. The first-order valence-corrected chi connectivity index (χ1v) is 8.58. The molecule has 3 aromatic rings. The molecule has 0 spiro atoms. The third-order valence-corrected chi connectivity index (χ3v) is 4.53. The minimum Gasteiger partial charge on any atom is -0.298 e. The molecule has 0 saturated heterocycles. The SMILES string of the molecule is O=C(NNc1cccc(Cl)c1)c1nn(-c2ccccc2)c2c1CCC2. The van der Waals surface area contributed by atoms with Gasteiger partial charge in [-0.1, -0.05) is 35.9 Å². The molecule has 1 amide bonds. The molecule has 0 fully saturated rings. The van der Waals surface area contributed by atoms with Gasteiger partial charge in [-0.15, -0.1) is 0 Å². The average molecular weight is 353 g/mol. The van der Waals surface area contributed by atoms with Crippen molar-refractivity contribution in [2.24, 2.45) is 0 Å². The Hall–Kier alpha value is -2.79. The molecular weight excluding hydrogens is 336 g/mol. The van der Waals surface area contributed by atoms with Gasteiger partial charge in [-0.2, -0.15) is 5.10 Å². The maximum atomic E-state index is 12.6. The summed E-state index contributed by atoms with van der Waals surface area (Å²) in [5, 5.41) is 5.18. The van der Waals surface area contributed by atoms with Crippen molar-refractivity contribution in [2.75, 3.05) is 5.43 Å². The minimum atomic E-state index is -0.243. The number of aromatic nitrogens is 2. The van der Waals surface area contributed by atoms with E-state index in [4.69, 9.17) is 11.6 Å². The number of nitrogens with zero attached hydrogens (tertiary/aromatic N) is 2. The second kappa shape index (κ2) is 6.61. The summed E-state index contributed by atoms with van der Waals surface area (Å²) in [6.45, 7) is 0. The topological polar surface area (TPSA) is 59.0 Å². The highest BCUT2D eigenvalue weighted by atomic mass is 35.5. The van der Waals surface area contributed by atoms with E-state index in [0.717, 1.165) is 41.9 Å². The van der Waals surface area contributed by atoms with E-state index in [1.54, 1.807) is 12.1 Å². The van der Waals surface area contributed by atoms with Gasteiger partial charge < -0.3 is 0 Å². The summed E-state index contributed by atoms with van der Waals surface area (Å²) >= 11 is 5.96. The number of nitrogens with one attached hydrogen (secondary N) is 2. The third-order valence-electron chi connectivity index (χ3n) is 4.29. The van der Waals surface area contributed by atoms with Gasteiger partial charge in [0.1, 0.15) is 0 Å². The fourth-order valence-corrected chi connectivity index (χ4v) is 3.35. The molecule has 1 heterocycles. The van der Waals surface area contributed by atoms with E-state index >= 15 is 0 Å². The number of halogens is 1. The lowest BCUT2D eigenvalue weighted by atomic mass is 10.2. The number of hydrazine groups is 1. The Kier molecular flexibility index (Phi) is 4.15. The lowest BCUT2D eigenvalue weighted by Gasteiger charge is -2.08. The van der Waals surface area contributed by atoms with E-state index in [1.807, 2.05) is 47.1 Å². The monoisotopic (exact) mass is 352 g/mol. The van der Waals surface area contributed by atoms with Crippen LogP contribution in [0.1, 0.15) is 28.2 Å². The molecule has 0 radical (unpaired) electrons. The molecule has 4 rings (SSSR count). The zero-order valence-electron chi connectivity index (χ0n) is 13.5. The molecule has 25 heavy (non-hydrogen) atoms. The van der Waals surface area contributed by atoms with E-state index in [0.29, 0.717) is 10.7 Å². The molecule has 0 unspecified atom stereocenters. The van der Waals surface area contributed by atoms with Crippen molar-refractivity contribution < 1.29 is 4.79 Å². The van der Waals surface area contributed by atoms with Gasteiger partial charge in [0.15, 0.2) is 5.69 Å². The van der Waals surface area contributed by atoms with Crippen LogP contribution in [0.15, 0.2) is 54.6 Å². The second-order valence-corrected chi connectivity index (χ2v) is 6.40. The largest absolute Gasteiger partial charge is 0.298 e. The van der Waals surface area contributed by atoms with Gasteiger partial charge in [-0.05, 0) is 49.6 Å². The van der Waals surface area contributed by atoms with Crippen molar-refractivity contribution >= 4 is 23.2 Å². The van der Waals surface area contributed by atoms with Crippen LogP contribution in [0.4, 0.5) is 5.69 Å². The normalized spacial score (nSPS) is 12.7. The maximum absolute atomic E-state index is 12.6. The Morgan fingerprint density at radius 2 is 1.92 bits per heavy atom. The number of hydrogen-bond acceptors (Lipinski definition) is 3. The number of benzene rings is 2. The highest BCUT2D eigenvalue weighted by Crippen LogP contribution is 2.27. The van der Waals surface area contributed by atoms with Gasteiger partial charge >= 0.3 is 0 Å². The predicted octanol–water partition coefficient (Wildman–Crippen LogP) is 3.77. The van der Waals surface area contributed by atoms with E-state index in [-0.39, 0.29) is 5.91 Å². The van der Waals surface area contributed by atoms with E-state index in [1.165, 1.54) is 0 Å². The Labute approximate surface area is 150 Å². The molecule has 2 N–H and O–H groups in total. The number of fused-ring (bicyclic) bond motifs is 1. The Balaban J connectivity index is 1.59. The molecule has 0 atom stereocenters. The third kappa shape index (κ3) is 3.10. The summed E-state index contributed by atoms with van der Waals surface area (Å²) in [5.41, 5.74) is 9.94.